The van der Waals surface area contributed by atoms with Gasteiger partial charge in [0.05, 0.1) is 6.10 Å². The number of nitrogens with zero attached hydrogens (tertiary/aromatic N) is 1. The van der Waals surface area contributed by atoms with Gasteiger partial charge in [0, 0.05) is 30.2 Å². The van der Waals surface area contributed by atoms with Gasteiger partial charge in [-0.15, -0.1) is 0 Å². The van der Waals surface area contributed by atoms with Crippen molar-refractivity contribution in [3.63, 3.8) is 0 Å². The molecule has 0 radical (unpaired) electrons. The third-order valence-electron chi connectivity index (χ3n) is 4.40. The summed E-state index contributed by atoms with van der Waals surface area (Å²) in [5, 5.41) is 2.83. The number of benzene rings is 2. The Kier molecular flexibility index (Phi) is 6.40. The van der Waals surface area contributed by atoms with Crippen molar-refractivity contribution in [2.45, 2.75) is 36.7 Å². The SMILES string of the molecule is CN(C)C(=O)Sc1ccc(NC(=O)c2ccc(OC3CCCC3)cc2)cc1. The molecule has 1 fully saturated rings. The summed E-state index contributed by atoms with van der Waals surface area (Å²) in [4.78, 5) is 26.5. The highest BCUT2D eigenvalue weighted by molar-refractivity contribution is 8.13. The second-order valence-corrected chi connectivity index (χ2v) is 7.81. The predicted molar refractivity (Wildman–Crippen MR) is 109 cm³/mol. The van der Waals surface area contributed by atoms with E-state index in [9.17, 15) is 9.59 Å². The fourth-order valence-electron chi connectivity index (χ4n) is 2.89. The molecule has 142 valence electrons. The molecule has 0 bridgehead atoms. The third-order valence-corrected chi connectivity index (χ3v) is 5.45. The number of anilines is 1. The minimum atomic E-state index is -0.174. The molecule has 1 saturated carbocycles. The van der Waals surface area contributed by atoms with Gasteiger partial charge in [0.15, 0.2) is 0 Å². The van der Waals surface area contributed by atoms with Gasteiger partial charge in [0.25, 0.3) is 11.1 Å². The minimum absolute atomic E-state index is 0.0355. The summed E-state index contributed by atoms with van der Waals surface area (Å²) in [6.45, 7) is 0. The van der Waals surface area contributed by atoms with E-state index < -0.39 is 0 Å². The Balaban J connectivity index is 1.55. The maximum absolute atomic E-state index is 12.4. The average molecular weight is 385 g/mol. The number of hydrogen-bond donors (Lipinski definition) is 1. The largest absolute Gasteiger partial charge is 0.490 e. The van der Waals surface area contributed by atoms with Gasteiger partial charge in [-0.2, -0.15) is 0 Å². The number of rotatable bonds is 5. The van der Waals surface area contributed by atoms with Crippen molar-refractivity contribution < 1.29 is 14.3 Å². The number of carbonyl (C=O) groups excluding carboxylic acids is 2. The highest BCUT2D eigenvalue weighted by Crippen LogP contribution is 2.25. The second kappa shape index (κ2) is 8.95. The fourth-order valence-corrected chi connectivity index (χ4v) is 3.54. The number of carbonyl (C=O) groups is 2. The lowest BCUT2D eigenvalue weighted by molar-refractivity contribution is 0.102. The Morgan fingerprint density at radius 3 is 2.22 bits per heavy atom. The van der Waals surface area contributed by atoms with Crippen LogP contribution < -0.4 is 10.1 Å². The number of amides is 2. The molecule has 6 heteroatoms. The van der Waals surface area contributed by atoms with Crippen LogP contribution in [0, 0.1) is 0 Å². The lowest BCUT2D eigenvalue weighted by Crippen LogP contribution is -2.16. The molecule has 0 saturated heterocycles. The van der Waals surface area contributed by atoms with Gasteiger partial charge >= 0.3 is 0 Å². The first-order valence-corrected chi connectivity index (χ1v) is 9.90. The Morgan fingerprint density at radius 1 is 1.00 bits per heavy atom. The Labute approximate surface area is 164 Å². The van der Waals surface area contributed by atoms with Crippen LogP contribution in [-0.4, -0.2) is 36.2 Å². The zero-order chi connectivity index (χ0) is 19.2. The maximum Gasteiger partial charge on any atom is 0.285 e. The van der Waals surface area contributed by atoms with E-state index in [1.54, 1.807) is 38.4 Å². The summed E-state index contributed by atoms with van der Waals surface area (Å²) in [6, 6.07) is 14.5. The summed E-state index contributed by atoms with van der Waals surface area (Å²) in [5.41, 5.74) is 1.27. The Morgan fingerprint density at radius 2 is 1.63 bits per heavy atom. The van der Waals surface area contributed by atoms with E-state index in [2.05, 4.69) is 5.32 Å². The summed E-state index contributed by atoms with van der Waals surface area (Å²) >= 11 is 1.15. The number of hydrogen-bond acceptors (Lipinski definition) is 4. The van der Waals surface area contributed by atoms with Gasteiger partial charge in [-0.3, -0.25) is 9.59 Å². The van der Waals surface area contributed by atoms with Crippen molar-refractivity contribution in [3.8, 4) is 5.75 Å². The van der Waals surface area contributed by atoms with E-state index in [1.165, 1.54) is 17.7 Å². The van der Waals surface area contributed by atoms with Crippen LogP contribution in [0.1, 0.15) is 36.0 Å². The fraction of sp³-hybridized carbons (Fsp3) is 0.333. The summed E-state index contributed by atoms with van der Waals surface area (Å²) in [5.74, 6) is 0.637. The normalized spacial score (nSPS) is 14.0. The van der Waals surface area contributed by atoms with Crippen molar-refractivity contribution in [1.29, 1.82) is 0 Å². The van der Waals surface area contributed by atoms with E-state index >= 15 is 0 Å². The molecule has 1 N–H and O–H groups in total. The van der Waals surface area contributed by atoms with Gasteiger partial charge in [-0.25, -0.2) is 0 Å². The van der Waals surface area contributed by atoms with Crippen molar-refractivity contribution in [3.05, 3.63) is 54.1 Å². The zero-order valence-electron chi connectivity index (χ0n) is 15.6. The van der Waals surface area contributed by atoms with Crippen molar-refractivity contribution >= 4 is 28.6 Å². The average Bonchev–Trinajstić information content (AvgIpc) is 3.17. The zero-order valence-corrected chi connectivity index (χ0v) is 16.4. The van der Waals surface area contributed by atoms with E-state index in [4.69, 9.17) is 4.74 Å². The smallest absolute Gasteiger partial charge is 0.285 e. The molecule has 1 aliphatic rings. The molecule has 0 spiro atoms. The second-order valence-electron chi connectivity index (χ2n) is 6.79. The van der Waals surface area contributed by atoms with E-state index in [-0.39, 0.29) is 11.1 Å². The summed E-state index contributed by atoms with van der Waals surface area (Å²) in [7, 11) is 3.43. The first-order valence-electron chi connectivity index (χ1n) is 9.08. The first kappa shape index (κ1) is 19.3. The quantitative estimate of drug-likeness (QED) is 0.734. The molecule has 0 heterocycles. The van der Waals surface area contributed by atoms with Crippen LogP contribution in [0.3, 0.4) is 0 Å². The van der Waals surface area contributed by atoms with Gasteiger partial charge in [0.2, 0.25) is 0 Å². The molecule has 0 unspecified atom stereocenters. The van der Waals surface area contributed by atoms with Gasteiger partial charge in [-0.1, -0.05) is 0 Å². The molecule has 2 amide bonds. The maximum atomic E-state index is 12.4. The lowest BCUT2D eigenvalue weighted by Gasteiger charge is -2.13. The van der Waals surface area contributed by atoms with Crippen LogP contribution >= 0.6 is 11.8 Å². The van der Waals surface area contributed by atoms with Crippen LogP contribution in [-0.2, 0) is 0 Å². The standard InChI is InChI=1S/C21H24N2O3S/c1-23(2)21(25)27-19-13-9-16(10-14-19)22-20(24)15-7-11-18(12-8-15)26-17-5-3-4-6-17/h7-14,17H,3-6H2,1-2H3,(H,22,24). The molecule has 2 aromatic carbocycles. The first-order chi connectivity index (χ1) is 13.0. The van der Waals surface area contributed by atoms with Crippen LogP contribution in [0.5, 0.6) is 5.75 Å². The van der Waals surface area contributed by atoms with Crippen molar-refractivity contribution in [2.24, 2.45) is 0 Å². The topological polar surface area (TPSA) is 58.6 Å². The number of ether oxygens (including phenoxy) is 1. The minimum Gasteiger partial charge on any atom is -0.490 e. The van der Waals surface area contributed by atoms with Gasteiger partial charge in [0.1, 0.15) is 5.75 Å². The number of thioether (sulfide) groups is 1. The Bertz CT molecular complexity index is 782. The van der Waals surface area contributed by atoms with E-state index in [0.29, 0.717) is 17.4 Å². The van der Waals surface area contributed by atoms with Crippen molar-refractivity contribution in [1.82, 2.24) is 4.90 Å². The molecule has 27 heavy (non-hydrogen) atoms. The van der Waals surface area contributed by atoms with Crippen LogP contribution in [0.25, 0.3) is 0 Å². The molecule has 0 aliphatic heterocycles. The van der Waals surface area contributed by atoms with Crippen LogP contribution in [0.15, 0.2) is 53.4 Å². The van der Waals surface area contributed by atoms with Crippen LogP contribution in [0.2, 0.25) is 0 Å². The molecule has 2 aromatic rings. The lowest BCUT2D eigenvalue weighted by atomic mass is 10.2. The molecular weight excluding hydrogens is 360 g/mol. The molecule has 3 rings (SSSR count). The number of nitrogens with one attached hydrogen (secondary N) is 1. The molecule has 1 aliphatic carbocycles. The van der Waals surface area contributed by atoms with Crippen molar-refractivity contribution in [2.75, 3.05) is 19.4 Å². The van der Waals surface area contributed by atoms with Gasteiger partial charge < -0.3 is 15.0 Å². The molecule has 0 aromatic heterocycles. The summed E-state index contributed by atoms with van der Waals surface area (Å²) in [6.07, 6.45) is 4.98. The Hall–Kier alpha value is -2.47. The highest BCUT2D eigenvalue weighted by Gasteiger charge is 2.16. The summed E-state index contributed by atoms with van der Waals surface area (Å²) < 4.78 is 5.92. The van der Waals surface area contributed by atoms with E-state index in [0.717, 1.165) is 35.2 Å². The third kappa shape index (κ3) is 5.50. The van der Waals surface area contributed by atoms with Gasteiger partial charge in [-0.05, 0) is 86.0 Å². The van der Waals surface area contributed by atoms with Crippen LogP contribution in [0.4, 0.5) is 10.5 Å². The molecule has 0 atom stereocenters. The highest BCUT2D eigenvalue weighted by atomic mass is 32.2. The molecule has 5 nitrogen and oxygen atoms in total. The van der Waals surface area contributed by atoms with E-state index in [1.807, 2.05) is 24.3 Å². The predicted octanol–water partition coefficient (Wildman–Crippen LogP) is 5.03. The molecular formula is C21H24N2O3S. The monoisotopic (exact) mass is 384 g/mol.